The Hall–Kier alpha value is -1.06. The maximum atomic E-state index is 10.3. The van der Waals surface area contributed by atoms with Gasteiger partial charge in [-0.15, -0.1) is 0 Å². The Morgan fingerprint density at radius 1 is 1.36 bits per heavy atom. The maximum absolute atomic E-state index is 10.3. The quantitative estimate of drug-likeness (QED) is 0.605. The fourth-order valence-electron chi connectivity index (χ4n) is 0.239. The smallest absolute Gasteiger partial charge is 0.303 e. The molecule has 0 aliphatic carbocycles. The topological polar surface area (TPSA) is 55.4 Å². The molecule has 0 aromatic carbocycles. The minimum atomic E-state index is -0.446. The summed E-state index contributed by atoms with van der Waals surface area (Å²) in [5.41, 5.74) is 0. The average molecular weight is 163 g/mol. The molecular formula is C7H17NO3. The molecule has 1 N–H and O–H groups in total. The van der Waals surface area contributed by atoms with Crippen LogP contribution in [0.4, 0.5) is 0 Å². The summed E-state index contributed by atoms with van der Waals surface area (Å²) in [6.45, 7) is 1.06. The van der Waals surface area contributed by atoms with Gasteiger partial charge in [-0.1, -0.05) is 14.9 Å². The van der Waals surface area contributed by atoms with Crippen molar-refractivity contribution in [3.8, 4) is 0 Å². The summed E-state index contributed by atoms with van der Waals surface area (Å²) in [6.07, 6.45) is 0. The first-order chi connectivity index (χ1) is 4.16. The molecule has 0 radical (unpaired) electrons. The molecule has 0 aromatic rings. The lowest BCUT2D eigenvalue weighted by molar-refractivity contribution is -0.146. The molecule has 0 saturated heterocycles. The van der Waals surface area contributed by atoms with E-state index in [1.165, 1.54) is 14.0 Å². The zero-order chi connectivity index (χ0) is 7.28. The molecule has 1 amide bonds. The van der Waals surface area contributed by atoms with Gasteiger partial charge in [-0.25, -0.2) is 0 Å². The van der Waals surface area contributed by atoms with Crippen LogP contribution in [0.1, 0.15) is 21.8 Å². The lowest BCUT2D eigenvalue weighted by Crippen LogP contribution is -2.24. The standard InChI is InChI=1S/C5H9NO3.2CH4/c1-4(7)9-3-5(8)6-2;;/h3H2,1-2H3,(H,6,8);2*1H4. The van der Waals surface area contributed by atoms with E-state index in [2.05, 4.69) is 10.1 Å². The van der Waals surface area contributed by atoms with E-state index in [9.17, 15) is 9.59 Å². The van der Waals surface area contributed by atoms with Crippen LogP contribution >= 0.6 is 0 Å². The number of carbonyl (C=O) groups is 2. The summed E-state index contributed by atoms with van der Waals surface area (Å²) in [6, 6.07) is 0. The summed E-state index contributed by atoms with van der Waals surface area (Å²) in [5.74, 6) is -0.746. The van der Waals surface area contributed by atoms with Crippen molar-refractivity contribution in [2.24, 2.45) is 0 Å². The van der Waals surface area contributed by atoms with Gasteiger partial charge in [0.1, 0.15) is 0 Å². The van der Waals surface area contributed by atoms with Gasteiger partial charge in [0, 0.05) is 14.0 Å². The summed E-state index contributed by atoms with van der Waals surface area (Å²) in [4.78, 5) is 20.4. The number of hydrogen-bond donors (Lipinski definition) is 1. The lowest BCUT2D eigenvalue weighted by atomic mass is 10.6. The van der Waals surface area contributed by atoms with Crippen LogP contribution in [0.25, 0.3) is 0 Å². The minimum absolute atomic E-state index is 0. The highest BCUT2D eigenvalue weighted by atomic mass is 16.5. The molecule has 0 rings (SSSR count). The second kappa shape index (κ2) is 8.94. The molecule has 68 valence electrons. The number of nitrogens with one attached hydrogen (secondary N) is 1. The van der Waals surface area contributed by atoms with Crippen molar-refractivity contribution in [2.45, 2.75) is 21.8 Å². The highest BCUT2D eigenvalue weighted by molar-refractivity contribution is 5.79. The average Bonchev–Trinajstić information content (AvgIpc) is 1.83. The van der Waals surface area contributed by atoms with E-state index < -0.39 is 5.97 Å². The molecular weight excluding hydrogens is 146 g/mol. The predicted octanol–water partition coefficient (Wildman–Crippen LogP) is 0.568. The van der Waals surface area contributed by atoms with Gasteiger partial charge in [-0.3, -0.25) is 9.59 Å². The molecule has 0 aliphatic rings. The number of carbonyl (C=O) groups excluding carboxylic acids is 2. The van der Waals surface area contributed by atoms with E-state index in [1.807, 2.05) is 0 Å². The van der Waals surface area contributed by atoms with Crippen LogP contribution in [0.3, 0.4) is 0 Å². The SMILES string of the molecule is C.C.CNC(=O)COC(C)=O. The van der Waals surface area contributed by atoms with Gasteiger partial charge in [0.15, 0.2) is 6.61 Å². The number of esters is 1. The number of rotatable bonds is 2. The predicted molar refractivity (Wildman–Crippen MR) is 44.2 cm³/mol. The van der Waals surface area contributed by atoms with Crippen molar-refractivity contribution < 1.29 is 14.3 Å². The van der Waals surface area contributed by atoms with Gasteiger partial charge in [0.2, 0.25) is 0 Å². The Morgan fingerprint density at radius 3 is 2.09 bits per heavy atom. The van der Waals surface area contributed by atoms with E-state index in [4.69, 9.17) is 0 Å². The van der Waals surface area contributed by atoms with E-state index >= 15 is 0 Å². The molecule has 4 nitrogen and oxygen atoms in total. The van der Waals surface area contributed by atoms with Crippen LogP contribution in [0.15, 0.2) is 0 Å². The first kappa shape index (κ1) is 16.5. The van der Waals surface area contributed by atoms with E-state index in [0.717, 1.165) is 0 Å². The molecule has 0 heterocycles. The van der Waals surface area contributed by atoms with Crippen molar-refractivity contribution in [3.05, 3.63) is 0 Å². The molecule has 4 heteroatoms. The van der Waals surface area contributed by atoms with Crippen molar-refractivity contribution in [3.63, 3.8) is 0 Å². The Balaban J connectivity index is -0.000000320. The Bertz CT molecular complexity index is 123. The molecule has 0 spiro atoms. The van der Waals surface area contributed by atoms with Crippen LogP contribution in [-0.2, 0) is 14.3 Å². The highest BCUT2D eigenvalue weighted by Gasteiger charge is 1.98. The molecule has 11 heavy (non-hydrogen) atoms. The number of ether oxygens (including phenoxy) is 1. The number of amides is 1. The highest BCUT2D eigenvalue weighted by Crippen LogP contribution is 1.73. The van der Waals surface area contributed by atoms with Crippen molar-refractivity contribution in [1.29, 1.82) is 0 Å². The van der Waals surface area contributed by atoms with Crippen LogP contribution in [0.5, 0.6) is 0 Å². The van der Waals surface area contributed by atoms with Crippen molar-refractivity contribution >= 4 is 11.9 Å². The zero-order valence-electron chi connectivity index (χ0n) is 5.43. The first-order valence-electron chi connectivity index (χ1n) is 2.50. The van der Waals surface area contributed by atoms with Crippen molar-refractivity contribution in [1.82, 2.24) is 5.32 Å². The van der Waals surface area contributed by atoms with Gasteiger partial charge in [-0.05, 0) is 0 Å². The first-order valence-corrected chi connectivity index (χ1v) is 2.50. The van der Waals surface area contributed by atoms with Gasteiger partial charge in [0.25, 0.3) is 5.91 Å². The van der Waals surface area contributed by atoms with Gasteiger partial charge >= 0.3 is 5.97 Å². The molecule has 0 bridgehead atoms. The Kier molecular flexibility index (Phi) is 13.4. The van der Waals surface area contributed by atoms with E-state index in [-0.39, 0.29) is 27.4 Å². The van der Waals surface area contributed by atoms with Crippen LogP contribution < -0.4 is 5.32 Å². The lowest BCUT2D eigenvalue weighted by Gasteiger charge is -1.97. The molecule has 0 atom stereocenters. The normalized spacial score (nSPS) is 6.73. The largest absolute Gasteiger partial charge is 0.456 e. The van der Waals surface area contributed by atoms with E-state index in [1.54, 1.807) is 0 Å². The fraction of sp³-hybridized carbons (Fsp3) is 0.714. The molecule has 0 aromatic heterocycles. The fourth-order valence-corrected chi connectivity index (χ4v) is 0.239. The summed E-state index contributed by atoms with van der Waals surface area (Å²) in [7, 11) is 1.48. The third kappa shape index (κ3) is 12.2. The van der Waals surface area contributed by atoms with E-state index in [0.29, 0.717) is 0 Å². The summed E-state index contributed by atoms with van der Waals surface area (Å²) in [5, 5.41) is 2.30. The third-order valence-electron chi connectivity index (χ3n) is 0.685. The second-order valence-electron chi connectivity index (χ2n) is 1.45. The zero-order valence-corrected chi connectivity index (χ0v) is 5.43. The third-order valence-corrected chi connectivity index (χ3v) is 0.685. The van der Waals surface area contributed by atoms with Gasteiger partial charge in [-0.2, -0.15) is 0 Å². The van der Waals surface area contributed by atoms with Crippen molar-refractivity contribution in [2.75, 3.05) is 13.7 Å². The Labute approximate surface area is 67.9 Å². The Morgan fingerprint density at radius 2 is 1.82 bits per heavy atom. The van der Waals surface area contributed by atoms with Crippen LogP contribution in [-0.4, -0.2) is 25.5 Å². The number of likely N-dealkylation sites (N-methyl/N-ethyl adjacent to an activating group) is 1. The van der Waals surface area contributed by atoms with Crippen LogP contribution in [0, 0.1) is 0 Å². The van der Waals surface area contributed by atoms with Gasteiger partial charge in [0.05, 0.1) is 0 Å². The van der Waals surface area contributed by atoms with Gasteiger partial charge < -0.3 is 10.1 Å². The summed E-state index contributed by atoms with van der Waals surface area (Å²) >= 11 is 0. The molecule has 0 fully saturated rings. The molecule has 0 unspecified atom stereocenters. The molecule has 0 saturated carbocycles. The number of hydrogen-bond acceptors (Lipinski definition) is 3. The summed E-state index contributed by atoms with van der Waals surface area (Å²) < 4.78 is 4.34. The monoisotopic (exact) mass is 163 g/mol. The second-order valence-corrected chi connectivity index (χ2v) is 1.45. The van der Waals surface area contributed by atoms with Crippen LogP contribution in [0.2, 0.25) is 0 Å². The molecule has 0 aliphatic heterocycles. The minimum Gasteiger partial charge on any atom is -0.456 e. The maximum Gasteiger partial charge on any atom is 0.303 e.